The van der Waals surface area contributed by atoms with Gasteiger partial charge in [-0.25, -0.2) is 8.42 Å². The Kier molecular flexibility index (Phi) is 3.93. The summed E-state index contributed by atoms with van der Waals surface area (Å²) in [5.41, 5.74) is 5.31. The van der Waals surface area contributed by atoms with Crippen LogP contribution >= 0.6 is 0 Å². The van der Waals surface area contributed by atoms with Crippen molar-refractivity contribution in [1.82, 2.24) is 4.31 Å². The van der Waals surface area contributed by atoms with Crippen molar-refractivity contribution in [3.05, 3.63) is 28.3 Å². The second-order valence-electron chi connectivity index (χ2n) is 4.50. The molecule has 1 heterocycles. The number of rotatable bonds is 4. The molecule has 0 radical (unpaired) electrons. The third kappa shape index (κ3) is 2.60. The molecule has 0 spiro atoms. The predicted molar refractivity (Wildman–Crippen MR) is 71.0 cm³/mol. The summed E-state index contributed by atoms with van der Waals surface area (Å²) in [6, 6.07) is 3.39. The van der Waals surface area contributed by atoms with Crippen molar-refractivity contribution in [3.63, 3.8) is 0 Å². The molecule has 0 amide bonds. The van der Waals surface area contributed by atoms with Gasteiger partial charge < -0.3 is 10.5 Å². The van der Waals surface area contributed by atoms with E-state index in [1.807, 2.05) is 0 Å². The van der Waals surface area contributed by atoms with Crippen LogP contribution in [0.3, 0.4) is 0 Å². The van der Waals surface area contributed by atoms with Gasteiger partial charge in [-0.05, 0) is 18.6 Å². The zero-order valence-electron chi connectivity index (χ0n) is 10.9. The van der Waals surface area contributed by atoms with Crippen LogP contribution in [0.4, 0.5) is 5.69 Å². The molecule has 0 aliphatic carbocycles. The Morgan fingerprint density at radius 3 is 2.70 bits per heavy atom. The van der Waals surface area contributed by atoms with Crippen LogP contribution in [0.5, 0.6) is 5.75 Å². The third-order valence-corrected chi connectivity index (χ3v) is 5.03. The number of sulfonamides is 1. The number of nitrogens with two attached hydrogens (primary N) is 1. The summed E-state index contributed by atoms with van der Waals surface area (Å²) in [5, 5.41) is 10.9. The molecule has 8 nitrogen and oxygen atoms in total. The van der Waals surface area contributed by atoms with Gasteiger partial charge in [0, 0.05) is 25.2 Å². The Hall–Kier alpha value is -1.71. The Morgan fingerprint density at radius 2 is 2.20 bits per heavy atom. The van der Waals surface area contributed by atoms with Crippen LogP contribution in [0.15, 0.2) is 23.1 Å². The fraction of sp³-hybridized carbons (Fsp3) is 0.455. The number of nitro groups is 1. The predicted octanol–water partition coefficient (Wildman–Crippen LogP) is 0.325. The van der Waals surface area contributed by atoms with Crippen LogP contribution in [-0.2, 0) is 10.0 Å². The first-order chi connectivity index (χ1) is 9.36. The maximum absolute atomic E-state index is 12.4. The van der Waals surface area contributed by atoms with Crippen molar-refractivity contribution in [2.24, 2.45) is 5.73 Å². The Balaban J connectivity index is 2.42. The van der Waals surface area contributed by atoms with E-state index in [1.54, 1.807) is 0 Å². The van der Waals surface area contributed by atoms with Gasteiger partial charge in [-0.3, -0.25) is 10.1 Å². The average Bonchev–Trinajstić information content (AvgIpc) is 2.85. The summed E-state index contributed by atoms with van der Waals surface area (Å²) in [4.78, 5) is 10.1. The first-order valence-corrected chi connectivity index (χ1v) is 7.38. The SMILES string of the molecule is COc1ccc(S(=O)(=O)N2CCC(N)C2)cc1[N+](=O)[O-]. The van der Waals surface area contributed by atoms with E-state index in [-0.39, 0.29) is 28.9 Å². The molecule has 1 aromatic rings. The molecule has 0 aromatic heterocycles. The second-order valence-corrected chi connectivity index (χ2v) is 6.44. The van der Waals surface area contributed by atoms with Gasteiger partial charge in [0.25, 0.3) is 0 Å². The maximum Gasteiger partial charge on any atom is 0.312 e. The molecule has 20 heavy (non-hydrogen) atoms. The topological polar surface area (TPSA) is 116 Å². The summed E-state index contributed by atoms with van der Waals surface area (Å²) >= 11 is 0. The molecular weight excluding hydrogens is 286 g/mol. The van der Waals surface area contributed by atoms with E-state index in [0.29, 0.717) is 13.0 Å². The van der Waals surface area contributed by atoms with E-state index in [4.69, 9.17) is 10.5 Å². The van der Waals surface area contributed by atoms with Crippen molar-refractivity contribution in [1.29, 1.82) is 0 Å². The molecule has 2 N–H and O–H groups in total. The lowest BCUT2D eigenvalue weighted by atomic mass is 10.3. The summed E-state index contributed by atoms with van der Waals surface area (Å²) in [7, 11) is -2.47. The van der Waals surface area contributed by atoms with E-state index in [1.165, 1.54) is 23.5 Å². The molecule has 1 unspecified atom stereocenters. The lowest BCUT2D eigenvalue weighted by Crippen LogP contribution is -2.32. The highest BCUT2D eigenvalue weighted by Gasteiger charge is 2.32. The number of methoxy groups -OCH3 is 1. The van der Waals surface area contributed by atoms with E-state index in [2.05, 4.69) is 0 Å². The van der Waals surface area contributed by atoms with Crippen LogP contribution < -0.4 is 10.5 Å². The maximum atomic E-state index is 12.4. The monoisotopic (exact) mass is 301 g/mol. The second kappa shape index (κ2) is 5.35. The summed E-state index contributed by atoms with van der Waals surface area (Å²) in [6.45, 7) is 0.547. The fourth-order valence-corrected chi connectivity index (χ4v) is 3.63. The van der Waals surface area contributed by atoms with E-state index in [0.717, 1.165) is 6.07 Å². The van der Waals surface area contributed by atoms with Crippen molar-refractivity contribution in [2.75, 3.05) is 20.2 Å². The van der Waals surface area contributed by atoms with Crippen molar-refractivity contribution >= 4 is 15.7 Å². The lowest BCUT2D eigenvalue weighted by molar-refractivity contribution is -0.386. The molecule has 0 bridgehead atoms. The number of hydrogen-bond acceptors (Lipinski definition) is 6. The number of benzene rings is 1. The number of hydrogen-bond donors (Lipinski definition) is 1. The lowest BCUT2D eigenvalue weighted by Gasteiger charge is -2.16. The molecule has 1 fully saturated rings. The number of nitro benzene ring substituents is 1. The molecule has 0 saturated carbocycles. The molecule has 1 atom stereocenters. The first-order valence-electron chi connectivity index (χ1n) is 5.94. The fourth-order valence-electron chi connectivity index (χ4n) is 2.09. The van der Waals surface area contributed by atoms with Crippen LogP contribution in [0.25, 0.3) is 0 Å². The van der Waals surface area contributed by atoms with Gasteiger partial charge >= 0.3 is 5.69 Å². The highest BCUT2D eigenvalue weighted by molar-refractivity contribution is 7.89. The van der Waals surface area contributed by atoms with Crippen LogP contribution in [-0.4, -0.2) is 43.9 Å². The van der Waals surface area contributed by atoms with Gasteiger partial charge in [-0.15, -0.1) is 0 Å². The molecule has 9 heteroatoms. The van der Waals surface area contributed by atoms with E-state index in [9.17, 15) is 18.5 Å². The highest BCUT2D eigenvalue weighted by Crippen LogP contribution is 2.31. The van der Waals surface area contributed by atoms with Gasteiger partial charge in [0.2, 0.25) is 10.0 Å². The summed E-state index contributed by atoms with van der Waals surface area (Å²) in [5.74, 6) is 0.0204. The molecule has 1 aliphatic heterocycles. The Morgan fingerprint density at radius 1 is 1.50 bits per heavy atom. The van der Waals surface area contributed by atoms with Gasteiger partial charge in [-0.1, -0.05) is 0 Å². The standard InChI is InChI=1S/C11H15N3O5S/c1-19-11-3-2-9(6-10(11)14(15)16)20(17,18)13-5-4-8(12)7-13/h2-3,6,8H,4-5,7,12H2,1H3. The minimum absolute atomic E-state index is 0.0204. The first kappa shape index (κ1) is 14.7. The molecule has 1 aromatic carbocycles. The van der Waals surface area contributed by atoms with Gasteiger partial charge in [-0.2, -0.15) is 4.31 Å². The van der Waals surface area contributed by atoms with Crippen molar-refractivity contribution < 1.29 is 18.1 Å². The minimum Gasteiger partial charge on any atom is -0.490 e. The summed E-state index contributed by atoms with van der Waals surface area (Å²) < 4.78 is 30.8. The van der Waals surface area contributed by atoms with E-state index >= 15 is 0 Å². The largest absolute Gasteiger partial charge is 0.490 e. The van der Waals surface area contributed by atoms with Crippen molar-refractivity contribution in [2.45, 2.75) is 17.4 Å². The zero-order valence-corrected chi connectivity index (χ0v) is 11.7. The van der Waals surface area contributed by atoms with Crippen LogP contribution in [0.1, 0.15) is 6.42 Å². The average molecular weight is 301 g/mol. The highest BCUT2D eigenvalue weighted by atomic mass is 32.2. The molecular formula is C11H15N3O5S. The van der Waals surface area contributed by atoms with Gasteiger partial charge in [0.15, 0.2) is 5.75 Å². The number of ether oxygens (including phenoxy) is 1. The van der Waals surface area contributed by atoms with Crippen LogP contribution in [0.2, 0.25) is 0 Å². The van der Waals surface area contributed by atoms with Crippen LogP contribution in [0, 0.1) is 10.1 Å². The minimum atomic E-state index is -3.76. The number of nitrogens with zero attached hydrogens (tertiary/aromatic N) is 2. The Labute approximate surface area is 116 Å². The molecule has 2 rings (SSSR count). The normalized spacial score (nSPS) is 20.0. The third-order valence-electron chi connectivity index (χ3n) is 3.17. The molecule has 110 valence electrons. The van der Waals surface area contributed by atoms with Gasteiger partial charge in [0.1, 0.15) is 0 Å². The molecule has 1 aliphatic rings. The van der Waals surface area contributed by atoms with E-state index < -0.39 is 14.9 Å². The van der Waals surface area contributed by atoms with Gasteiger partial charge in [0.05, 0.1) is 16.9 Å². The quantitative estimate of drug-likeness (QED) is 0.632. The summed E-state index contributed by atoms with van der Waals surface area (Å²) in [6.07, 6.45) is 0.581. The zero-order chi connectivity index (χ0) is 14.9. The van der Waals surface area contributed by atoms with Crippen molar-refractivity contribution in [3.8, 4) is 5.75 Å². The smallest absolute Gasteiger partial charge is 0.312 e. The Bertz CT molecular complexity index is 631. The molecule has 1 saturated heterocycles.